The van der Waals surface area contributed by atoms with Crippen LogP contribution in [0.4, 0.5) is 0 Å². The van der Waals surface area contributed by atoms with E-state index in [1.165, 1.54) is 0 Å². The predicted molar refractivity (Wildman–Crippen MR) is 87.4 cm³/mol. The molecule has 1 aromatic carbocycles. The summed E-state index contributed by atoms with van der Waals surface area (Å²) in [5.41, 5.74) is 1.17. The molecule has 1 fully saturated rings. The van der Waals surface area contributed by atoms with Gasteiger partial charge in [-0.15, -0.1) is 0 Å². The van der Waals surface area contributed by atoms with Crippen molar-refractivity contribution in [3.05, 3.63) is 35.9 Å². The first-order valence-corrected chi connectivity index (χ1v) is 9.45. The van der Waals surface area contributed by atoms with E-state index in [2.05, 4.69) is 25.5 Å². The number of nitrogens with one attached hydrogen (secondary N) is 1. The maximum absolute atomic E-state index is 12.2. The molecule has 1 saturated carbocycles. The molecule has 0 saturated heterocycles. The zero-order valence-electron chi connectivity index (χ0n) is 13.3. The molecule has 0 radical (unpaired) electrons. The molecule has 0 bridgehead atoms. The molecule has 0 amide bonds. The fourth-order valence-corrected chi connectivity index (χ4v) is 4.62. The van der Waals surface area contributed by atoms with Crippen molar-refractivity contribution in [3.63, 3.8) is 0 Å². The Kier molecular flexibility index (Phi) is 5.10. The molecule has 3 nitrogen and oxygen atoms in total. The molecule has 1 N–H and O–H groups in total. The zero-order chi connectivity index (χ0) is 15.5. The van der Waals surface area contributed by atoms with Crippen molar-refractivity contribution in [1.29, 1.82) is 0 Å². The second kappa shape index (κ2) is 6.49. The first kappa shape index (κ1) is 16.5. The molecule has 1 aliphatic rings. The molecule has 0 aliphatic heterocycles. The Labute approximate surface area is 129 Å². The average Bonchev–Trinajstić information content (AvgIpc) is 2.38. The van der Waals surface area contributed by atoms with Crippen molar-refractivity contribution in [2.24, 2.45) is 11.3 Å². The van der Waals surface area contributed by atoms with E-state index in [-0.39, 0.29) is 11.8 Å². The highest BCUT2D eigenvalue weighted by atomic mass is 32.2. The molecule has 0 aromatic heterocycles. The van der Waals surface area contributed by atoms with Crippen LogP contribution in [0.25, 0.3) is 0 Å². The van der Waals surface area contributed by atoms with Crippen LogP contribution < -0.4 is 4.72 Å². The van der Waals surface area contributed by atoms with Gasteiger partial charge in [-0.1, -0.05) is 51.1 Å². The van der Waals surface area contributed by atoms with E-state index in [0.717, 1.165) is 31.2 Å². The quantitative estimate of drug-likeness (QED) is 0.921. The highest BCUT2D eigenvalue weighted by Gasteiger charge is 2.31. The van der Waals surface area contributed by atoms with Crippen LogP contribution in [0.3, 0.4) is 0 Å². The first-order chi connectivity index (χ1) is 9.76. The highest BCUT2D eigenvalue weighted by Crippen LogP contribution is 2.37. The molecule has 1 aliphatic carbocycles. The third-order valence-electron chi connectivity index (χ3n) is 4.50. The molecule has 0 unspecified atom stereocenters. The largest absolute Gasteiger partial charge is 0.216 e. The Balaban J connectivity index is 1.88. The minimum absolute atomic E-state index is 0.0764. The van der Waals surface area contributed by atoms with Crippen molar-refractivity contribution in [2.45, 2.75) is 58.2 Å². The standard InChI is InChI=1S/C17H27NO2S/c1-17(2,3)15-9-11-16(12-10-15)18-21(19,20)13-14-7-5-4-6-8-14/h4-8,15-16,18H,9-13H2,1-3H3. The van der Waals surface area contributed by atoms with Crippen LogP contribution in [0.5, 0.6) is 0 Å². The molecule has 118 valence electrons. The van der Waals surface area contributed by atoms with Gasteiger partial charge in [0, 0.05) is 6.04 Å². The SMILES string of the molecule is CC(C)(C)C1CCC(NS(=O)(=O)Cc2ccccc2)CC1. The lowest BCUT2D eigenvalue weighted by Gasteiger charge is -2.37. The molecule has 21 heavy (non-hydrogen) atoms. The van der Waals surface area contributed by atoms with Gasteiger partial charge >= 0.3 is 0 Å². The Bertz CT molecular complexity index is 538. The van der Waals surface area contributed by atoms with Gasteiger partial charge in [0.2, 0.25) is 10.0 Å². The Morgan fingerprint density at radius 1 is 1.05 bits per heavy atom. The number of benzene rings is 1. The summed E-state index contributed by atoms with van der Waals surface area (Å²) in [6.07, 6.45) is 4.13. The summed E-state index contributed by atoms with van der Waals surface area (Å²) in [4.78, 5) is 0. The van der Waals surface area contributed by atoms with E-state index in [4.69, 9.17) is 0 Å². The summed E-state index contributed by atoms with van der Waals surface area (Å²) in [7, 11) is -3.24. The van der Waals surface area contributed by atoms with Gasteiger partial charge in [-0.05, 0) is 42.6 Å². The van der Waals surface area contributed by atoms with Crippen molar-refractivity contribution >= 4 is 10.0 Å². The molecule has 4 heteroatoms. The average molecular weight is 309 g/mol. The van der Waals surface area contributed by atoms with Crippen LogP contribution in [0.15, 0.2) is 30.3 Å². The van der Waals surface area contributed by atoms with E-state index in [1.54, 1.807) is 0 Å². The van der Waals surface area contributed by atoms with Crippen molar-refractivity contribution < 1.29 is 8.42 Å². The maximum Gasteiger partial charge on any atom is 0.216 e. The lowest BCUT2D eigenvalue weighted by Crippen LogP contribution is -2.39. The van der Waals surface area contributed by atoms with E-state index in [9.17, 15) is 8.42 Å². The molecule has 0 heterocycles. The molecular weight excluding hydrogens is 282 g/mol. The number of hydrogen-bond donors (Lipinski definition) is 1. The summed E-state index contributed by atoms with van der Waals surface area (Å²) < 4.78 is 27.4. The normalized spacial score (nSPS) is 24.0. The van der Waals surface area contributed by atoms with Crippen LogP contribution in [0, 0.1) is 11.3 Å². The van der Waals surface area contributed by atoms with Gasteiger partial charge < -0.3 is 0 Å². The van der Waals surface area contributed by atoms with Crippen molar-refractivity contribution in [1.82, 2.24) is 4.72 Å². The van der Waals surface area contributed by atoms with E-state index >= 15 is 0 Å². The van der Waals surface area contributed by atoms with Gasteiger partial charge in [-0.3, -0.25) is 0 Å². The Morgan fingerprint density at radius 3 is 2.14 bits per heavy atom. The highest BCUT2D eigenvalue weighted by molar-refractivity contribution is 7.88. The van der Waals surface area contributed by atoms with Crippen molar-refractivity contribution in [3.8, 4) is 0 Å². The molecular formula is C17H27NO2S. The topological polar surface area (TPSA) is 46.2 Å². The smallest absolute Gasteiger partial charge is 0.212 e. The lowest BCUT2D eigenvalue weighted by molar-refractivity contribution is 0.166. The van der Waals surface area contributed by atoms with Crippen LogP contribution in [0.2, 0.25) is 0 Å². The fraction of sp³-hybridized carbons (Fsp3) is 0.647. The van der Waals surface area contributed by atoms with E-state index < -0.39 is 10.0 Å². The van der Waals surface area contributed by atoms with Crippen molar-refractivity contribution in [2.75, 3.05) is 0 Å². The fourth-order valence-electron chi connectivity index (χ4n) is 3.17. The van der Waals surface area contributed by atoms with Gasteiger partial charge in [0.1, 0.15) is 0 Å². The van der Waals surface area contributed by atoms with E-state index in [1.807, 2.05) is 30.3 Å². The second-order valence-electron chi connectivity index (χ2n) is 7.28. The summed E-state index contributed by atoms with van der Waals surface area (Å²) in [5, 5.41) is 0. The number of rotatable bonds is 4. The maximum atomic E-state index is 12.2. The van der Waals surface area contributed by atoms with Crippen LogP contribution in [-0.2, 0) is 15.8 Å². The third-order valence-corrected chi connectivity index (χ3v) is 5.90. The molecule has 2 rings (SSSR count). The lowest BCUT2D eigenvalue weighted by atomic mass is 9.71. The van der Waals surface area contributed by atoms with Gasteiger partial charge in [-0.2, -0.15) is 0 Å². The second-order valence-corrected chi connectivity index (χ2v) is 9.03. The zero-order valence-corrected chi connectivity index (χ0v) is 14.1. The van der Waals surface area contributed by atoms with E-state index in [0.29, 0.717) is 11.3 Å². The van der Waals surface area contributed by atoms with Crippen LogP contribution >= 0.6 is 0 Å². The third kappa shape index (κ3) is 5.11. The van der Waals surface area contributed by atoms with Gasteiger partial charge in [0.05, 0.1) is 5.75 Å². The van der Waals surface area contributed by atoms with Gasteiger partial charge in [-0.25, -0.2) is 13.1 Å². The minimum atomic E-state index is -3.24. The Hall–Kier alpha value is -0.870. The number of hydrogen-bond acceptors (Lipinski definition) is 2. The van der Waals surface area contributed by atoms with Gasteiger partial charge in [0.15, 0.2) is 0 Å². The monoisotopic (exact) mass is 309 g/mol. The Morgan fingerprint density at radius 2 is 1.62 bits per heavy atom. The summed E-state index contributed by atoms with van der Waals surface area (Å²) in [6.45, 7) is 6.83. The minimum Gasteiger partial charge on any atom is -0.212 e. The summed E-state index contributed by atoms with van der Waals surface area (Å²) >= 11 is 0. The van der Waals surface area contributed by atoms with Gasteiger partial charge in [0.25, 0.3) is 0 Å². The molecule has 1 aromatic rings. The van der Waals surface area contributed by atoms with Crippen LogP contribution in [-0.4, -0.2) is 14.5 Å². The summed E-state index contributed by atoms with van der Waals surface area (Å²) in [6, 6.07) is 9.47. The van der Waals surface area contributed by atoms with Crippen LogP contribution in [0.1, 0.15) is 52.0 Å². The summed E-state index contributed by atoms with van der Waals surface area (Å²) in [5.74, 6) is 0.778. The molecule has 0 spiro atoms. The predicted octanol–water partition coefficient (Wildman–Crippen LogP) is 3.71. The number of sulfonamides is 1. The first-order valence-electron chi connectivity index (χ1n) is 7.80. The molecule has 0 atom stereocenters.